The van der Waals surface area contributed by atoms with Crippen LogP contribution in [0.5, 0.6) is 0 Å². The van der Waals surface area contributed by atoms with Crippen molar-refractivity contribution in [2.45, 2.75) is 25.8 Å². The molecule has 7 heteroatoms. The maximum Gasteiger partial charge on any atom is 0.225 e. The number of imidazole rings is 1. The third kappa shape index (κ3) is 3.06. The predicted octanol–water partition coefficient (Wildman–Crippen LogP) is 2.24. The number of nitriles is 1. The van der Waals surface area contributed by atoms with Gasteiger partial charge in [-0.05, 0) is 6.07 Å². The maximum atomic E-state index is 11.6. The van der Waals surface area contributed by atoms with E-state index in [1.807, 2.05) is 22.9 Å². The van der Waals surface area contributed by atoms with Crippen LogP contribution in [-0.4, -0.2) is 25.4 Å². The van der Waals surface area contributed by atoms with E-state index >= 15 is 0 Å². The van der Waals surface area contributed by atoms with Crippen LogP contribution in [0.15, 0.2) is 37.1 Å². The monoisotopic (exact) mass is 308 g/mol. The lowest BCUT2D eigenvalue weighted by molar-refractivity contribution is -0.120. The SMILES string of the molecule is C=C(CCn1cnc2cnc3[nH]ccc3c21)NC(=O)CCC#N. The Kier molecular flexibility index (Phi) is 4.06. The predicted molar refractivity (Wildman–Crippen MR) is 86.1 cm³/mol. The number of H-pyrrole nitrogens is 1. The van der Waals surface area contributed by atoms with Crippen LogP contribution < -0.4 is 5.32 Å². The fraction of sp³-hybridized carbons (Fsp3) is 0.250. The number of nitrogens with one attached hydrogen (secondary N) is 2. The minimum atomic E-state index is -0.177. The van der Waals surface area contributed by atoms with Gasteiger partial charge in [0.15, 0.2) is 0 Å². The number of aromatic amines is 1. The van der Waals surface area contributed by atoms with Crippen LogP contribution in [-0.2, 0) is 11.3 Å². The normalized spacial score (nSPS) is 10.7. The zero-order chi connectivity index (χ0) is 16.2. The molecule has 3 rings (SSSR count). The van der Waals surface area contributed by atoms with Crippen LogP contribution in [0.2, 0.25) is 0 Å². The molecule has 0 radical (unpaired) electrons. The molecule has 0 bridgehead atoms. The molecule has 0 fully saturated rings. The van der Waals surface area contributed by atoms with Crippen LogP contribution in [0.25, 0.3) is 22.1 Å². The third-order valence-electron chi connectivity index (χ3n) is 3.60. The summed E-state index contributed by atoms with van der Waals surface area (Å²) in [5.74, 6) is -0.177. The second-order valence-electron chi connectivity index (χ2n) is 5.23. The lowest BCUT2D eigenvalue weighted by atomic mass is 10.2. The Balaban J connectivity index is 1.70. The van der Waals surface area contributed by atoms with Crippen molar-refractivity contribution < 1.29 is 4.79 Å². The smallest absolute Gasteiger partial charge is 0.225 e. The number of aromatic nitrogens is 4. The number of fused-ring (bicyclic) bond motifs is 3. The van der Waals surface area contributed by atoms with E-state index in [0.717, 1.165) is 22.1 Å². The second-order valence-corrected chi connectivity index (χ2v) is 5.23. The van der Waals surface area contributed by atoms with E-state index in [1.54, 1.807) is 12.5 Å². The average molecular weight is 308 g/mol. The second kappa shape index (κ2) is 6.32. The molecule has 0 unspecified atom stereocenters. The van der Waals surface area contributed by atoms with Crippen LogP contribution in [0.1, 0.15) is 19.3 Å². The fourth-order valence-corrected chi connectivity index (χ4v) is 2.49. The highest BCUT2D eigenvalue weighted by atomic mass is 16.1. The van der Waals surface area contributed by atoms with Gasteiger partial charge in [0.1, 0.15) is 11.2 Å². The Labute approximate surface area is 132 Å². The Hall–Kier alpha value is -3.14. The maximum absolute atomic E-state index is 11.6. The Bertz CT molecular complexity index is 914. The number of hydrogen-bond donors (Lipinski definition) is 2. The zero-order valence-corrected chi connectivity index (χ0v) is 12.5. The summed E-state index contributed by atoms with van der Waals surface area (Å²) in [6.07, 6.45) is 6.36. The van der Waals surface area contributed by atoms with Gasteiger partial charge >= 0.3 is 0 Å². The molecule has 2 N–H and O–H groups in total. The minimum Gasteiger partial charge on any atom is -0.346 e. The Morgan fingerprint density at radius 2 is 2.30 bits per heavy atom. The molecule has 1 amide bonds. The molecule has 116 valence electrons. The summed E-state index contributed by atoms with van der Waals surface area (Å²) < 4.78 is 2.03. The summed E-state index contributed by atoms with van der Waals surface area (Å²) >= 11 is 0. The van der Waals surface area contributed by atoms with Gasteiger partial charge in [-0.1, -0.05) is 6.58 Å². The summed E-state index contributed by atoms with van der Waals surface area (Å²) in [7, 11) is 0. The lowest BCUT2D eigenvalue weighted by Crippen LogP contribution is -2.22. The van der Waals surface area contributed by atoms with Gasteiger partial charge in [0.25, 0.3) is 0 Å². The number of carbonyl (C=O) groups is 1. The summed E-state index contributed by atoms with van der Waals surface area (Å²) in [5, 5.41) is 12.2. The Morgan fingerprint density at radius 1 is 1.43 bits per heavy atom. The molecular formula is C16H16N6O. The quantitative estimate of drug-likeness (QED) is 0.729. The van der Waals surface area contributed by atoms with Gasteiger partial charge < -0.3 is 14.9 Å². The van der Waals surface area contributed by atoms with Gasteiger partial charge in [-0.15, -0.1) is 0 Å². The third-order valence-corrected chi connectivity index (χ3v) is 3.60. The standard InChI is InChI=1S/C16H16N6O/c1-11(21-14(23)3-2-6-17)5-8-22-10-20-13-9-19-16-12(15(13)22)4-7-18-16/h4,7,9-10H,1-3,5,8H2,(H,18,19)(H,21,23). The highest BCUT2D eigenvalue weighted by Crippen LogP contribution is 2.22. The summed E-state index contributed by atoms with van der Waals surface area (Å²) in [6, 6.07) is 3.92. The first kappa shape index (κ1) is 14.8. The molecule has 0 spiro atoms. The highest BCUT2D eigenvalue weighted by Gasteiger charge is 2.10. The number of pyridine rings is 1. The van der Waals surface area contributed by atoms with Crippen molar-refractivity contribution in [1.29, 1.82) is 5.26 Å². The van der Waals surface area contributed by atoms with E-state index in [9.17, 15) is 4.79 Å². The molecule has 0 aliphatic carbocycles. The molecule has 3 aromatic heterocycles. The number of carbonyl (C=O) groups excluding carboxylic acids is 1. The first-order chi connectivity index (χ1) is 11.2. The van der Waals surface area contributed by atoms with Gasteiger partial charge in [0.2, 0.25) is 5.91 Å². The zero-order valence-electron chi connectivity index (χ0n) is 12.5. The van der Waals surface area contributed by atoms with Crippen LogP contribution >= 0.6 is 0 Å². The first-order valence-electron chi connectivity index (χ1n) is 7.30. The molecule has 3 heterocycles. The number of nitrogens with zero attached hydrogens (tertiary/aromatic N) is 4. The van der Waals surface area contributed by atoms with Gasteiger partial charge in [0, 0.05) is 43.1 Å². The molecule has 0 aliphatic heterocycles. The number of hydrogen-bond acceptors (Lipinski definition) is 4. The fourth-order valence-electron chi connectivity index (χ4n) is 2.49. The van der Waals surface area contributed by atoms with Gasteiger partial charge in [0.05, 0.1) is 24.1 Å². The van der Waals surface area contributed by atoms with Crippen LogP contribution in [0.3, 0.4) is 0 Å². The van der Waals surface area contributed by atoms with Gasteiger partial charge in [-0.25, -0.2) is 9.97 Å². The first-order valence-corrected chi connectivity index (χ1v) is 7.30. The van der Waals surface area contributed by atoms with E-state index in [-0.39, 0.29) is 18.7 Å². The van der Waals surface area contributed by atoms with Gasteiger partial charge in [-0.2, -0.15) is 5.26 Å². The molecule has 0 aliphatic rings. The summed E-state index contributed by atoms with van der Waals surface area (Å²) in [5.41, 5.74) is 3.30. The van der Waals surface area contributed by atoms with Crippen molar-refractivity contribution in [3.63, 3.8) is 0 Å². The van der Waals surface area contributed by atoms with Gasteiger partial charge in [-0.3, -0.25) is 4.79 Å². The molecule has 0 saturated heterocycles. The number of allylic oxidation sites excluding steroid dienone is 1. The van der Waals surface area contributed by atoms with E-state index in [2.05, 4.69) is 26.8 Å². The summed E-state index contributed by atoms with van der Waals surface area (Å²) in [6.45, 7) is 4.52. The number of amides is 1. The molecule has 3 aromatic rings. The number of rotatable bonds is 6. The van der Waals surface area contributed by atoms with Crippen molar-refractivity contribution in [2.75, 3.05) is 0 Å². The molecular weight excluding hydrogens is 292 g/mol. The lowest BCUT2D eigenvalue weighted by Gasteiger charge is -2.09. The van der Waals surface area contributed by atoms with Crippen molar-refractivity contribution in [3.8, 4) is 6.07 Å². The van der Waals surface area contributed by atoms with E-state index in [4.69, 9.17) is 5.26 Å². The van der Waals surface area contributed by atoms with Crippen LogP contribution in [0, 0.1) is 11.3 Å². The van der Waals surface area contributed by atoms with E-state index < -0.39 is 0 Å². The Morgan fingerprint density at radius 3 is 3.13 bits per heavy atom. The molecule has 0 aromatic carbocycles. The molecule has 0 atom stereocenters. The van der Waals surface area contributed by atoms with Crippen molar-refractivity contribution in [3.05, 3.63) is 37.1 Å². The highest BCUT2D eigenvalue weighted by molar-refractivity contribution is 6.00. The number of aryl methyl sites for hydroxylation is 1. The topological polar surface area (TPSA) is 99.4 Å². The molecule has 0 saturated carbocycles. The van der Waals surface area contributed by atoms with E-state index in [1.165, 1.54) is 0 Å². The minimum absolute atomic E-state index is 0.177. The largest absolute Gasteiger partial charge is 0.346 e. The molecule has 7 nitrogen and oxygen atoms in total. The van der Waals surface area contributed by atoms with Crippen molar-refractivity contribution in [1.82, 2.24) is 24.8 Å². The average Bonchev–Trinajstić information content (AvgIpc) is 3.16. The van der Waals surface area contributed by atoms with E-state index in [0.29, 0.717) is 18.7 Å². The van der Waals surface area contributed by atoms with Crippen LogP contribution in [0.4, 0.5) is 0 Å². The van der Waals surface area contributed by atoms with Crippen molar-refractivity contribution in [2.24, 2.45) is 0 Å². The molecule has 23 heavy (non-hydrogen) atoms. The van der Waals surface area contributed by atoms with Crippen molar-refractivity contribution >= 4 is 28.0 Å². The summed E-state index contributed by atoms with van der Waals surface area (Å²) in [4.78, 5) is 23.3.